The summed E-state index contributed by atoms with van der Waals surface area (Å²) in [4.78, 5) is 22.6. The average Bonchev–Trinajstić information content (AvgIpc) is 2.78. The van der Waals surface area contributed by atoms with Gasteiger partial charge in [0.2, 0.25) is 15.9 Å². The topological polar surface area (TPSA) is 113 Å². The number of thiophene rings is 1. The van der Waals surface area contributed by atoms with Crippen LogP contribution in [0.15, 0.2) is 10.3 Å². The maximum Gasteiger partial charge on any atom is 0.346 e. The smallest absolute Gasteiger partial charge is 0.346 e. The number of aryl methyl sites for hydroxylation is 1. The van der Waals surface area contributed by atoms with Crippen LogP contribution in [0.3, 0.4) is 0 Å². The molecule has 0 aliphatic heterocycles. The molecular formula is C12H18N2O5S2. The Morgan fingerprint density at radius 3 is 2.38 bits per heavy atom. The Balaban J connectivity index is 2.95. The zero-order chi connectivity index (χ0) is 16.4. The Bertz CT molecular complexity index is 661. The second-order valence-electron chi connectivity index (χ2n) is 5.17. The predicted molar refractivity (Wildman–Crippen MR) is 79.1 cm³/mol. The van der Waals surface area contributed by atoms with Crippen molar-refractivity contribution in [3.8, 4) is 0 Å². The van der Waals surface area contributed by atoms with E-state index in [1.165, 1.54) is 20.0 Å². The number of sulfonamides is 1. The van der Waals surface area contributed by atoms with Gasteiger partial charge in [0, 0.05) is 13.6 Å². The lowest BCUT2D eigenvalue weighted by Crippen LogP contribution is -2.43. The van der Waals surface area contributed by atoms with E-state index >= 15 is 0 Å². The van der Waals surface area contributed by atoms with E-state index < -0.39 is 21.4 Å². The minimum absolute atomic E-state index is 0.0130. The lowest BCUT2D eigenvalue weighted by Gasteiger charge is -2.22. The molecule has 0 aliphatic carbocycles. The molecular weight excluding hydrogens is 316 g/mol. The molecule has 0 fully saturated rings. The summed E-state index contributed by atoms with van der Waals surface area (Å²) in [6.07, 6.45) is 0. The van der Waals surface area contributed by atoms with Gasteiger partial charge < -0.3 is 10.4 Å². The van der Waals surface area contributed by atoms with Gasteiger partial charge in [0.1, 0.15) is 9.09 Å². The van der Waals surface area contributed by atoms with Crippen LogP contribution in [0.4, 0.5) is 0 Å². The Morgan fingerprint density at radius 2 is 1.95 bits per heavy atom. The summed E-state index contributed by atoms with van der Waals surface area (Å²) in [7, 11) is -2.37. The monoisotopic (exact) mass is 334 g/mol. The van der Waals surface area contributed by atoms with Crippen LogP contribution in [0.1, 0.15) is 29.1 Å². The summed E-state index contributed by atoms with van der Waals surface area (Å²) in [5, 5.41) is 11.4. The molecule has 0 aliphatic rings. The molecule has 118 valence electrons. The van der Waals surface area contributed by atoms with Gasteiger partial charge in [0.15, 0.2) is 0 Å². The number of carboxylic acids is 1. The standard InChI is InChI=1S/C12H18N2O5S2/c1-7-5-8(20-9(7)10(15)16)21(18,19)14-6-12(2,3)11(17)13-4/h5,14H,6H2,1-4H3,(H,13,17)(H,15,16). The van der Waals surface area contributed by atoms with Crippen LogP contribution in [-0.4, -0.2) is 39.0 Å². The number of carbonyl (C=O) groups is 2. The average molecular weight is 334 g/mol. The summed E-state index contributed by atoms with van der Waals surface area (Å²) >= 11 is 0.689. The minimum atomic E-state index is -3.85. The van der Waals surface area contributed by atoms with Crippen molar-refractivity contribution in [2.24, 2.45) is 5.41 Å². The van der Waals surface area contributed by atoms with E-state index in [0.29, 0.717) is 16.9 Å². The van der Waals surface area contributed by atoms with Crippen LogP contribution in [0.5, 0.6) is 0 Å². The maximum absolute atomic E-state index is 12.2. The van der Waals surface area contributed by atoms with Crippen LogP contribution in [-0.2, 0) is 14.8 Å². The third-order valence-electron chi connectivity index (χ3n) is 2.90. The molecule has 0 saturated heterocycles. The fourth-order valence-corrected chi connectivity index (χ4v) is 4.20. The first-order valence-electron chi connectivity index (χ1n) is 6.07. The Hall–Kier alpha value is -1.45. The molecule has 0 unspecified atom stereocenters. The summed E-state index contributed by atoms with van der Waals surface area (Å²) < 4.78 is 26.6. The number of carboxylic acid groups (broad SMARTS) is 1. The van der Waals surface area contributed by atoms with Gasteiger partial charge in [0.05, 0.1) is 5.41 Å². The summed E-state index contributed by atoms with van der Waals surface area (Å²) in [5.41, 5.74) is -0.526. The number of nitrogens with one attached hydrogen (secondary N) is 2. The third-order valence-corrected chi connectivity index (χ3v) is 6.00. The largest absolute Gasteiger partial charge is 0.477 e. The highest BCUT2D eigenvalue weighted by atomic mass is 32.2. The fourth-order valence-electron chi connectivity index (χ4n) is 1.56. The van der Waals surface area contributed by atoms with Crippen molar-refractivity contribution in [3.05, 3.63) is 16.5 Å². The fraction of sp³-hybridized carbons (Fsp3) is 0.500. The van der Waals surface area contributed by atoms with Gasteiger partial charge in [-0.05, 0) is 32.4 Å². The minimum Gasteiger partial charge on any atom is -0.477 e. The van der Waals surface area contributed by atoms with Crippen molar-refractivity contribution in [1.82, 2.24) is 10.0 Å². The van der Waals surface area contributed by atoms with Crippen LogP contribution in [0.25, 0.3) is 0 Å². The van der Waals surface area contributed by atoms with Gasteiger partial charge in [-0.25, -0.2) is 17.9 Å². The number of carbonyl (C=O) groups excluding carboxylic acids is 1. The highest BCUT2D eigenvalue weighted by Gasteiger charge is 2.30. The number of hydrogen-bond donors (Lipinski definition) is 3. The van der Waals surface area contributed by atoms with Crippen molar-refractivity contribution in [1.29, 1.82) is 0 Å². The van der Waals surface area contributed by atoms with E-state index in [0.717, 1.165) is 0 Å². The molecule has 1 aromatic rings. The Labute approximate surface area is 127 Å². The zero-order valence-corrected chi connectivity index (χ0v) is 13.8. The molecule has 1 rings (SSSR count). The number of rotatable bonds is 6. The molecule has 0 bridgehead atoms. The molecule has 0 radical (unpaired) electrons. The van der Waals surface area contributed by atoms with E-state index in [9.17, 15) is 18.0 Å². The van der Waals surface area contributed by atoms with Crippen LogP contribution < -0.4 is 10.0 Å². The molecule has 0 aromatic carbocycles. The van der Waals surface area contributed by atoms with Gasteiger partial charge in [-0.2, -0.15) is 0 Å². The summed E-state index contributed by atoms with van der Waals surface area (Å²) in [6, 6.07) is 1.31. The lowest BCUT2D eigenvalue weighted by atomic mass is 9.93. The Morgan fingerprint density at radius 1 is 1.38 bits per heavy atom. The maximum atomic E-state index is 12.2. The van der Waals surface area contributed by atoms with E-state index in [1.54, 1.807) is 13.8 Å². The molecule has 7 nitrogen and oxygen atoms in total. The zero-order valence-electron chi connectivity index (χ0n) is 12.2. The van der Waals surface area contributed by atoms with Gasteiger partial charge in [-0.3, -0.25) is 4.79 Å². The van der Waals surface area contributed by atoms with E-state index in [1.807, 2.05) is 0 Å². The molecule has 21 heavy (non-hydrogen) atoms. The van der Waals surface area contributed by atoms with E-state index in [2.05, 4.69) is 10.0 Å². The van der Waals surface area contributed by atoms with Crippen molar-refractivity contribution in [3.63, 3.8) is 0 Å². The van der Waals surface area contributed by atoms with Crippen molar-refractivity contribution in [2.75, 3.05) is 13.6 Å². The Kier molecular flexibility index (Phi) is 5.13. The van der Waals surface area contributed by atoms with Gasteiger partial charge >= 0.3 is 5.97 Å². The molecule has 9 heteroatoms. The van der Waals surface area contributed by atoms with Crippen molar-refractivity contribution < 1.29 is 23.1 Å². The molecule has 3 N–H and O–H groups in total. The van der Waals surface area contributed by atoms with Crippen molar-refractivity contribution >= 4 is 33.2 Å². The van der Waals surface area contributed by atoms with Gasteiger partial charge in [-0.1, -0.05) is 0 Å². The van der Waals surface area contributed by atoms with Crippen molar-refractivity contribution in [2.45, 2.75) is 25.0 Å². The number of hydrogen-bond acceptors (Lipinski definition) is 5. The quantitative estimate of drug-likeness (QED) is 0.712. The van der Waals surface area contributed by atoms with Crippen LogP contribution >= 0.6 is 11.3 Å². The molecule has 0 atom stereocenters. The normalized spacial score (nSPS) is 12.2. The summed E-state index contributed by atoms with van der Waals surface area (Å²) in [5.74, 6) is -1.46. The molecule has 1 aromatic heterocycles. The lowest BCUT2D eigenvalue weighted by molar-refractivity contribution is -0.128. The molecule has 0 spiro atoms. The second-order valence-corrected chi connectivity index (χ2v) is 8.22. The molecule has 1 amide bonds. The van der Waals surface area contributed by atoms with E-state index in [4.69, 9.17) is 5.11 Å². The first kappa shape index (κ1) is 17.6. The van der Waals surface area contributed by atoms with E-state index in [-0.39, 0.29) is 21.5 Å². The van der Waals surface area contributed by atoms with Crippen LogP contribution in [0, 0.1) is 12.3 Å². The highest BCUT2D eigenvalue weighted by molar-refractivity contribution is 7.91. The molecule has 1 heterocycles. The number of amides is 1. The SMILES string of the molecule is CNC(=O)C(C)(C)CNS(=O)(=O)c1cc(C)c(C(=O)O)s1. The first-order chi connectivity index (χ1) is 9.51. The number of aromatic carboxylic acids is 1. The van der Waals surface area contributed by atoms with Gasteiger partial charge in [-0.15, -0.1) is 11.3 Å². The highest BCUT2D eigenvalue weighted by Crippen LogP contribution is 2.26. The molecule has 0 saturated carbocycles. The predicted octanol–water partition coefficient (Wildman–Crippen LogP) is 0.805. The summed E-state index contributed by atoms with van der Waals surface area (Å²) in [6.45, 7) is 4.66. The second kappa shape index (κ2) is 6.12. The first-order valence-corrected chi connectivity index (χ1v) is 8.37. The van der Waals surface area contributed by atoms with Gasteiger partial charge in [0.25, 0.3) is 0 Å². The van der Waals surface area contributed by atoms with Crippen LogP contribution in [0.2, 0.25) is 0 Å². The third kappa shape index (κ3) is 4.02.